The molecule has 0 spiro atoms. The standard InChI is InChI=1S/C13H13N3O4/c1-3-8-10(7(2)20-16-8)12(17)15-9-5-4-6-14-11(9)13(18)19/h4-6H,3H2,1-2H3,(H,15,17)(H,18,19). The maximum Gasteiger partial charge on any atom is 0.356 e. The topological polar surface area (TPSA) is 105 Å². The van der Waals surface area contributed by atoms with E-state index in [1.807, 2.05) is 6.92 Å². The molecule has 0 saturated heterocycles. The van der Waals surface area contributed by atoms with E-state index in [0.29, 0.717) is 23.4 Å². The van der Waals surface area contributed by atoms with Gasteiger partial charge in [-0.2, -0.15) is 0 Å². The molecule has 7 nitrogen and oxygen atoms in total. The van der Waals surface area contributed by atoms with Gasteiger partial charge in [-0.1, -0.05) is 12.1 Å². The van der Waals surface area contributed by atoms with Gasteiger partial charge in [0.2, 0.25) is 0 Å². The summed E-state index contributed by atoms with van der Waals surface area (Å²) in [6, 6.07) is 3.02. The molecule has 0 unspecified atom stereocenters. The van der Waals surface area contributed by atoms with Crippen LogP contribution >= 0.6 is 0 Å². The normalized spacial score (nSPS) is 10.3. The largest absolute Gasteiger partial charge is 0.476 e. The summed E-state index contributed by atoms with van der Waals surface area (Å²) in [4.78, 5) is 27.0. The molecule has 2 aromatic rings. The lowest BCUT2D eigenvalue weighted by Crippen LogP contribution is -2.17. The van der Waals surface area contributed by atoms with Gasteiger partial charge in [0.25, 0.3) is 5.91 Å². The number of aromatic nitrogens is 2. The molecule has 0 aliphatic carbocycles. The molecule has 2 N–H and O–H groups in total. The van der Waals surface area contributed by atoms with E-state index >= 15 is 0 Å². The lowest BCUT2D eigenvalue weighted by Gasteiger charge is -2.07. The number of aryl methyl sites for hydroxylation is 2. The number of carbonyl (C=O) groups is 2. The van der Waals surface area contributed by atoms with Crippen LogP contribution < -0.4 is 5.32 Å². The molecule has 20 heavy (non-hydrogen) atoms. The maximum absolute atomic E-state index is 12.2. The van der Waals surface area contributed by atoms with Crippen molar-refractivity contribution in [3.05, 3.63) is 41.0 Å². The van der Waals surface area contributed by atoms with Gasteiger partial charge in [0.15, 0.2) is 5.69 Å². The Hall–Kier alpha value is -2.70. The van der Waals surface area contributed by atoms with Crippen molar-refractivity contribution < 1.29 is 19.2 Å². The van der Waals surface area contributed by atoms with E-state index in [9.17, 15) is 9.59 Å². The van der Waals surface area contributed by atoms with Crippen molar-refractivity contribution in [3.63, 3.8) is 0 Å². The highest BCUT2D eigenvalue weighted by Gasteiger charge is 2.21. The number of amides is 1. The smallest absolute Gasteiger partial charge is 0.356 e. The van der Waals surface area contributed by atoms with E-state index in [1.165, 1.54) is 12.3 Å². The highest BCUT2D eigenvalue weighted by Crippen LogP contribution is 2.18. The number of nitrogens with zero attached hydrogens (tertiary/aromatic N) is 2. The number of carboxylic acid groups (broad SMARTS) is 1. The van der Waals surface area contributed by atoms with Crippen LogP contribution in [0.3, 0.4) is 0 Å². The summed E-state index contributed by atoms with van der Waals surface area (Å²) in [5.41, 5.74) is 0.772. The predicted molar refractivity (Wildman–Crippen MR) is 69.8 cm³/mol. The number of rotatable bonds is 4. The van der Waals surface area contributed by atoms with E-state index in [-0.39, 0.29) is 11.4 Å². The summed E-state index contributed by atoms with van der Waals surface area (Å²) in [6.45, 7) is 3.48. The van der Waals surface area contributed by atoms with E-state index in [1.54, 1.807) is 13.0 Å². The summed E-state index contributed by atoms with van der Waals surface area (Å²) in [5.74, 6) is -1.28. The lowest BCUT2D eigenvalue weighted by atomic mass is 10.1. The van der Waals surface area contributed by atoms with Crippen molar-refractivity contribution in [2.75, 3.05) is 5.32 Å². The number of carboxylic acids is 1. The number of pyridine rings is 1. The summed E-state index contributed by atoms with van der Waals surface area (Å²) >= 11 is 0. The van der Waals surface area contributed by atoms with Crippen LogP contribution in [0, 0.1) is 6.92 Å². The van der Waals surface area contributed by atoms with Gasteiger partial charge in [0.05, 0.1) is 11.4 Å². The van der Waals surface area contributed by atoms with Crippen molar-refractivity contribution in [1.82, 2.24) is 10.1 Å². The van der Waals surface area contributed by atoms with Crippen LogP contribution in [0.15, 0.2) is 22.9 Å². The first kappa shape index (κ1) is 13.7. The summed E-state index contributed by atoms with van der Waals surface area (Å²) in [6.07, 6.45) is 1.89. The SMILES string of the molecule is CCc1noc(C)c1C(=O)Nc1cccnc1C(=O)O. The fourth-order valence-electron chi connectivity index (χ4n) is 1.81. The third-order valence-corrected chi connectivity index (χ3v) is 2.75. The first-order valence-electron chi connectivity index (χ1n) is 5.99. The van der Waals surface area contributed by atoms with Crippen molar-refractivity contribution in [3.8, 4) is 0 Å². The molecule has 0 aromatic carbocycles. The number of aromatic carboxylic acids is 1. The van der Waals surface area contributed by atoms with Gasteiger partial charge in [-0.15, -0.1) is 0 Å². The molecule has 0 atom stereocenters. The average Bonchev–Trinajstić information content (AvgIpc) is 2.80. The summed E-state index contributed by atoms with van der Waals surface area (Å²) in [5, 5.41) is 15.3. The fourth-order valence-corrected chi connectivity index (χ4v) is 1.81. The van der Waals surface area contributed by atoms with Gasteiger partial charge >= 0.3 is 5.97 Å². The Morgan fingerprint density at radius 1 is 1.45 bits per heavy atom. The molecule has 7 heteroatoms. The molecule has 2 aromatic heterocycles. The summed E-state index contributed by atoms with van der Waals surface area (Å²) in [7, 11) is 0. The van der Waals surface area contributed by atoms with Crippen LogP contribution in [0.25, 0.3) is 0 Å². The third-order valence-electron chi connectivity index (χ3n) is 2.75. The van der Waals surface area contributed by atoms with Gasteiger partial charge in [0.1, 0.15) is 11.3 Å². The average molecular weight is 275 g/mol. The van der Waals surface area contributed by atoms with Gasteiger partial charge in [0, 0.05) is 6.20 Å². The Balaban J connectivity index is 2.33. The monoisotopic (exact) mass is 275 g/mol. The van der Waals surface area contributed by atoms with Gasteiger partial charge in [-0.05, 0) is 25.5 Å². The van der Waals surface area contributed by atoms with E-state index in [2.05, 4.69) is 15.5 Å². The molecule has 104 valence electrons. The van der Waals surface area contributed by atoms with Gasteiger partial charge < -0.3 is 14.9 Å². The number of hydrogen-bond donors (Lipinski definition) is 2. The second-order valence-corrected chi connectivity index (χ2v) is 4.07. The second-order valence-electron chi connectivity index (χ2n) is 4.07. The van der Waals surface area contributed by atoms with Crippen LogP contribution in [0.1, 0.15) is 39.2 Å². The van der Waals surface area contributed by atoms with Crippen molar-refractivity contribution in [2.24, 2.45) is 0 Å². The molecule has 0 aliphatic rings. The number of hydrogen-bond acceptors (Lipinski definition) is 5. The number of anilines is 1. The molecular weight excluding hydrogens is 262 g/mol. The zero-order chi connectivity index (χ0) is 14.7. The highest BCUT2D eigenvalue weighted by atomic mass is 16.5. The first-order chi connectivity index (χ1) is 9.54. The molecule has 1 amide bonds. The van der Waals surface area contributed by atoms with Crippen LogP contribution in [-0.4, -0.2) is 27.1 Å². The number of carbonyl (C=O) groups excluding carboxylic acids is 1. The Kier molecular flexibility index (Phi) is 3.79. The van der Waals surface area contributed by atoms with Gasteiger partial charge in [-0.25, -0.2) is 9.78 Å². The Bertz CT molecular complexity index is 663. The van der Waals surface area contributed by atoms with E-state index < -0.39 is 11.9 Å². The lowest BCUT2D eigenvalue weighted by molar-refractivity contribution is 0.0691. The fraction of sp³-hybridized carbons (Fsp3) is 0.231. The van der Waals surface area contributed by atoms with Crippen LogP contribution in [0.5, 0.6) is 0 Å². The minimum absolute atomic E-state index is 0.132. The second kappa shape index (κ2) is 5.52. The minimum atomic E-state index is -1.21. The molecule has 0 fully saturated rings. The van der Waals surface area contributed by atoms with Crippen LogP contribution in [-0.2, 0) is 6.42 Å². The van der Waals surface area contributed by atoms with Crippen molar-refractivity contribution >= 4 is 17.6 Å². The Morgan fingerprint density at radius 3 is 2.85 bits per heavy atom. The Labute approximate surface area is 114 Å². The molecular formula is C13H13N3O4. The third kappa shape index (κ3) is 2.51. The van der Waals surface area contributed by atoms with Crippen LogP contribution in [0.4, 0.5) is 5.69 Å². The minimum Gasteiger partial charge on any atom is -0.476 e. The molecule has 2 rings (SSSR count). The first-order valence-corrected chi connectivity index (χ1v) is 5.99. The van der Waals surface area contributed by atoms with E-state index in [4.69, 9.17) is 9.63 Å². The molecule has 0 radical (unpaired) electrons. The highest BCUT2D eigenvalue weighted by molar-refractivity contribution is 6.08. The molecule has 2 heterocycles. The van der Waals surface area contributed by atoms with E-state index in [0.717, 1.165) is 0 Å². The molecule has 0 bridgehead atoms. The maximum atomic E-state index is 12.2. The van der Waals surface area contributed by atoms with Crippen molar-refractivity contribution in [2.45, 2.75) is 20.3 Å². The van der Waals surface area contributed by atoms with Crippen LogP contribution in [0.2, 0.25) is 0 Å². The van der Waals surface area contributed by atoms with Gasteiger partial charge in [-0.3, -0.25) is 4.79 Å². The van der Waals surface area contributed by atoms with Crippen molar-refractivity contribution in [1.29, 1.82) is 0 Å². The molecule has 0 aliphatic heterocycles. The Morgan fingerprint density at radius 2 is 2.20 bits per heavy atom. The molecule has 0 saturated carbocycles. The predicted octanol–water partition coefficient (Wildman–Crippen LogP) is 1.89. The summed E-state index contributed by atoms with van der Waals surface area (Å²) < 4.78 is 4.98. The zero-order valence-electron chi connectivity index (χ0n) is 11.0. The quantitative estimate of drug-likeness (QED) is 0.882. The number of nitrogens with one attached hydrogen (secondary N) is 1. The zero-order valence-corrected chi connectivity index (χ0v) is 11.0.